The summed E-state index contributed by atoms with van der Waals surface area (Å²) in [6.07, 6.45) is 7.26. The van der Waals surface area contributed by atoms with Gasteiger partial charge in [-0.3, -0.25) is 5.10 Å². The minimum atomic E-state index is 0.652. The molecule has 0 aliphatic heterocycles. The van der Waals surface area contributed by atoms with Crippen molar-refractivity contribution >= 4 is 0 Å². The number of hydrogen-bond donors (Lipinski definition) is 2. The first-order valence-electron chi connectivity index (χ1n) is 7.39. The van der Waals surface area contributed by atoms with Gasteiger partial charge < -0.3 is 5.32 Å². The Hall–Kier alpha value is -0.900. The van der Waals surface area contributed by atoms with Gasteiger partial charge in [-0.2, -0.15) is 5.10 Å². The van der Waals surface area contributed by atoms with Crippen LogP contribution in [-0.2, 0) is 6.54 Å². The highest BCUT2D eigenvalue weighted by atomic mass is 15.2. The minimum absolute atomic E-state index is 0.652. The summed E-state index contributed by atoms with van der Waals surface area (Å²) in [6, 6.07) is 0. The molecule has 0 unspecified atom stereocenters. The van der Waals surface area contributed by atoms with Crippen molar-refractivity contribution in [3.63, 3.8) is 0 Å². The molecule has 0 radical (unpaired) electrons. The lowest BCUT2D eigenvalue weighted by molar-refractivity contribution is -0.00555. The monoisotopic (exact) mass is 246 g/mol. The van der Waals surface area contributed by atoms with Crippen molar-refractivity contribution in [2.45, 2.75) is 44.6 Å². The quantitative estimate of drug-likeness (QED) is 0.858. The van der Waals surface area contributed by atoms with Crippen LogP contribution in [0.4, 0.5) is 0 Å². The summed E-state index contributed by atoms with van der Waals surface area (Å²) in [5.41, 5.74) is 0. The van der Waals surface area contributed by atoms with Gasteiger partial charge in [0.15, 0.2) is 5.82 Å². The lowest BCUT2D eigenvalue weighted by Crippen LogP contribution is -2.44. The van der Waals surface area contributed by atoms with Crippen LogP contribution in [0.3, 0.4) is 0 Å². The molecule has 1 aromatic rings. The fourth-order valence-electron chi connectivity index (χ4n) is 5.05. The fourth-order valence-corrected chi connectivity index (χ4v) is 5.05. The van der Waals surface area contributed by atoms with Crippen molar-refractivity contribution in [3.8, 4) is 0 Å². The molecule has 4 nitrogen and oxygen atoms in total. The summed E-state index contributed by atoms with van der Waals surface area (Å²) in [5, 5.41) is 10.7. The van der Waals surface area contributed by atoms with Gasteiger partial charge in [0.2, 0.25) is 0 Å². The first-order valence-corrected chi connectivity index (χ1v) is 7.39. The molecule has 4 aliphatic rings. The molecule has 1 heterocycles. The molecule has 1 aromatic heterocycles. The predicted molar refractivity (Wildman–Crippen MR) is 68.9 cm³/mol. The highest BCUT2D eigenvalue weighted by molar-refractivity contribution is 5.10. The normalized spacial score (nSPS) is 41.5. The zero-order chi connectivity index (χ0) is 12.1. The van der Waals surface area contributed by atoms with Crippen LogP contribution in [0.2, 0.25) is 0 Å². The van der Waals surface area contributed by atoms with Crippen LogP contribution in [0.5, 0.6) is 0 Å². The first kappa shape index (κ1) is 11.0. The standard InChI is InChI=1S/C14H22N4/c1-15-7-12-16-14(18-17-12)13-10-3-8-2-9(5-10)6-11(13)4-8/h8-11,13,15H,2-7H2,1H3,(H,16,17,18). The molecule has 18 heavy (non-hydrogen) atoms. The number of aromatic nitrogens is 3. The maximum absolute atomic E-state index is 4.72. The smallest absolute Gasteiger partial charge is 0.154 e. The third-order valence-corrected chi connectivity index (χ3v) is 5.42. The number of rotatable bonds is 3. The molecular formula is C14H22N4. The molecule has 4 bridgehead atoms. The van der Waals surface area contributed by atoms with Crippen molar-refractivity contribution in [2.75, 3.05) is 7.05 Å². The number of aromatic amines is 1. The van der Waals surface area contributed by atoms with E-state index in [2.05, 4.69) is 15.5 Å². The average Bonchev–Trinajstić information content (AvgIpc) is 2.76. The first-order chi connectivity index (χ1) is 8.83. The molecular weight excluding hydrogens is 224 g/mol. The molecule has 0 saturated heterocycles. The van der Waals surface area contributed by atoms with E-state index in [0.29, 0.717) is 5.92 Å². The number of nitrogens with zero attached hydrogens (tertiary/aromatic N) is 2. The highest BCUT2D eigenvalue weighted by Crippen LogP contribution is 2.59. The number of hydrogen-bond acceptors (Lipinski definition) is 3. The zero-order valence-corrected chi connectivity index (χ0v) is 11.0. The molecule has 4 saturated carbocycles. The van der Waals surface area contributed by atoms with E-state index in [1.807, 2.05) is 7.05 Å². The molecule has 4 heteroatoms. The summed E-state index contributed by atoms with van der Waals surface area (Å²) < 4.78 is 0. The van der Waals surface area contributed by atoms with Gasteiger partial charge in [-0.05, 0) is 62.8 Å². The Kier molecular flexibility index (Phi) is 2.47. The van der Waals surface area contributed by atoms with E-state index in [1.165, 1.54) is 32.1 Å². The fraction of sp³-hybridized carbons (Fsp3) is 0.857. The van der Waals surface area contributed by atoms with Gasteiger partial charge in [-0.25, -0.2) is 4.98 Å². The Morgan fingerprint density at radius 2 is 1.78 bits per heavy atom. The minimum Gasteiger partial charge on any atom is -0.313 e. The van der Waals surface area contributed by atoms with Crippen molar-refractivity contribution in [1.82, 2.24) is 20.5 Å². The maximum Gasteiger partial charge on any atom is 0.154 e. The van der Waals surface area contributed by atoms with E-state index in [0.717, 1.165) is 41.9 Å². The summed E-state index contributed by atoms with van der Waals surface area (Å²) >= 11 is 0. The van der Waals surface area contributed by atoms with Gasteiger partial charge in [-0.15, -0.1) is 0 Å². The van der Waals surface area contributed by atoms with E-state index < -0.39 is 0 Å². The molecule has 5 rings (SSSR count). The van der Waals surface area contributed by atoms with Crippen LogP contribution in [0.1, 0.15) is 49.7 Å². The van der Waals surface area contributed by atoms with Crippen LogP contribution in [0.15, 0.2) is 0 Å². The Morgan fingerprint density at radius 3 is 2.39 bits per heavy atom. The van der Waals surface area contributed by atoms with E-state index in [-0.39, 0.29) is 0 Å². The third-order valence-electron chi connectivity index (χ3n) is 5.42. The van der Waals surface area contributed by atoms with Crippen LogP contribution >= 0.6 is 0 Å². The molecule has 4 aliphatic carbocycles. The van der Waals surface area contributed by atoms with Gasteiger partial charge in [0.25, 0.3) is 0 Å². The lowest BCUT2D eigenvalue weighted by Gasteiger charge is -2.53. The summed E-state index contributed by atoms with van der Waals surface area (Å²) in [7, 11) is 1.95. The molecule has 0 spiro atoms. The largest absolute Gasteiger partial charge is 0.313 e. The van der Waals surface area contributed by atoms with Crippen LogP contribution in [-0.4, -0.2) is 22.2 Å². The van der Waals surface area contributed by atoms with E-state index in [9.17, 15) is 0 Å². The van der Waals surface area contributed by atoms with Gasteiger partial charge in [0, 0.05) is 5.92 Å². The van der Waals surface area contributed by atoms with Crippen LogP contribution < -0.4 is 5.32 Å². The Bertz CT molecular complexity index is 411. The number of H-pyrrole nitrogens is 1. The molecule has 2 N–H and O–H groups in total. The zero-order valence-electron chi connectivity index (χ0n) is 11.0. The molecule has 98 valence electrons. The SMILES string of the molecule is CNCc1nc(C2C3CC4CC(C3)CC2C4)n[nH]1. The lowest BCUT2D eigenvalue weighted by atomic mass is 9.52. The summed E-state index contributed by atoms with van der Waals surface area (Å²) in [5.74, 6) is 6.55. The summed E-state index contributed by atoms with van der Waals surface area (Å²) in [4.78, 5) is 4.72. The summed E-state index contributed by atoms with van der Waals surface area (Å²) in [6.45, 7) is 0.792. The van der Waals surface area contributed by atoms with Gasteiger partial charge >= 0.3 is 0 Å². The second-order valence-electron chi connectivity index (χ2n) is 6.63. The second kappa shape index (κ2) is 4.05. The molecule has 0 amide bonds. The van der Waals surface area contributed by atoms with Crippen molar-refractivity contribution in [2.24, 2.45) is 23.7 Å². The highest BCUT2D eigenvalue weighted by Gasteiger charge is 2.49. The molecule has 0 atom stereocenters. The van der Waals surface area contributed by atoms with E-state index in [1.54, 1.807) is 0 Å². The number of nitrogens with one attached hydrogen (secondary N) is 2. The topological polar surface area (TPSA) is 53.6 Å². The van der Waals surface area contributed by atoms with Gasteiger partial charge in [0.05, 0.1) is 6.54 Å². The molecule has 4 fully saturated rings. The van der Waals surface area contributed by atoms with Crippen molar-refractivity contribution < 1.29 is 0 Å². The Balaban J connectivity index is 1.60. The van der Waals surface area contributed by atoms with Crippen molar-refractivity contribution in [1.29, 1.82) is 0 Å². The van der Waals surface area contributed by atoms with E-state index >= 15 is 0 Å². The Morgan fingerprint density at radius 1 is 1.11 bits per heavy atom. The Labute approximate surface area is 108 Å². The third kappa shape index (κ3) is 1.62. The van der Waals surface area contributed by atoms with Crippen LogP contribution in [0.25, 0.3) is 0 Å². The average molecular weight is 246 g/mol. The van der Waals surface area contributed by atoms with Gasteiger partial charge in [-0.1, -0.05) is 0 Å². The van der Waals surface area contributed by atoms with Crippen molar-refractivity contribution in [3.05, 3.63) is 11.6 Å². The second-order valence-corrected chi connectivity index (χ2v) is 6.63. The predicted octanol–water partition coefficient (Wildman–Crippen LogP) is 2.06. The van der Waals surface area contributed by atoms with Gasteiger partial charge in [0.1, 0.15) is 5.82 Å². The maximum atomic E-state index is 4.72. The van der Waals surface area contributed by atoms with Crippen LogP contribution in [0, 0.1) is 23.7 Å². The molecule has 0 aromatic carbocycles. The van der Waals surface area contributed by atoms with E-state index in [4.69, 9.17) is 4.98 Å².